The molecule has 3 heterocycles. The number of ketones is 1. The van der Waals surface area contributed by atoms with Gasteiger partial charge < -0.3 is 28.8 Å². The number of ether oxygens (including phenoxy) is 2. The van der Waals surface area contributed by atoms with E-state index in [-0.39, 0.29) is 11.3 Å². The highest BCUT2D eigenvalue weighted by Crippen LogP contribution is 2.41. The first-order chi connectivity index (χ1) is 14.9. The number of hydrogen-bond acceptors (Lipinski definition) is 6. The Morgan fingerprint density at radius 2 is 1.87 bits per heavy atom. The molecule has 1 amide bonds. The normalized spacial score (nSPS) is 20.0. The lowest BCUT2D eigenvalue weighted by Crippen LogP contribution is -3.05. The van der Waals surface area contributed by atoms with Gasteiger partial charge >= 0.3 is 0 Å². The highest BCUT2D eigenvalue weighted by atomic mass is 16.6. The van der Waals surface area contributed by atoms with Gasteiger partial charge in [0.2, 0.25) is 0 Å². The number of fused-ring (bicyclic) bond motifs is 1. The summed E-state index contributed by atoms with van der Waals surface area (Å²) in [7, 11) is 4.06. The van der Waals surface area contributed by atoms with E-state index in [1.165, 1.54) is 9.80 Å². The average Bonchev–Trinajstić information content (AvgIpc) is 3.28. The molecular weight excluding hydrogens is 400 g/mol. The minimum atomic E-state index is -0.779. The summed E-state index contributed by atoms with van der Waals surface area (Å²) in [5, 5.41) is 11.1. The molecule has 8 heteroatoms. The number of hydrogen-bond donors (Lipinski definition) is 2. The van der Waals surface area contributed by atoms with Crippen molar-refractivity contribution in [2.75, 3.05) is 40.4 Å². The lowest BCUT2D eigenvalue weighted by atomic mass is 9.99. The second-order valence-electron chi connectivity index (χ2n) is 8.11. The van der Waals surface area contributed by atoms with Crippen LogP contribution in [0.3, 0.4) is 0 Å². The van der Waals surface area contributed by atoms with Crippen molar-refractivity contribution in [3.05, 3.63) is 53.0 Å². The van der Waals surface area contributed by atoms with Gasteiger partial charge in [0.05, 0.1) is 26.2 Å². The van der Waals surface area contributed by atoms with Crippen LogP contribution >= 0.6 is 0 Å². The van der Waals surface area contributed by atoms with E-state index in [2.05, 4.69) is 0 Å². The molecule has 0 saturated carbocycles. The zero-order valence-corrected chi connectivity index (χ0v) is 17.9. The molecule has 0 unspecified atom stereocenters. The second-order valence-corrected chi connectivity index (χ2v) is 8.11. The van der Waals surface area contributed by atoms with Crippen LogP contribution in [0.4, 0.5) is 0 Å². The summed E-state index contributed by atoms with van der Waals surface area (Å²) in [5.41, 5.74) is 0.404. The maximum atomic E-state index is 13.0. The van der Waals surface area contributed by atoms with Gasteiger partial charge in [-0.25, -0.2) is 0 Å². The van der Waals surface area contributed by atoms with Crippen molar-refractivity contribution in [3.8, 4) is 11.5 Å². The molecule has 164 valence electrons. The summed E-state index contributed by atoms with van der Waals surface area (Å²) in [6, 6.07) is 7.70. The van der Waals surface area contributed by atoms with Crippen molar-refractivity contribution in [2.24, 2.45) is 0 Å². The molecule has 1 saturated heterocycles. The van der Waals surface area contributed by atoms with E-state index in [0.29, 0.717) is 48.3 Å². The Labute approximate surface area is 180 Å². The largest absolute Gasteiger partial charge is 0.507 e. The summed E-state index contributed by atoms with van der Waals surface area (Å²) in [4.78, 5) is 28.6. The van der Waals surface area contributed by atoms with Crippen LogP contribution in [0.5, 0.6) is 11.5 Å². The number of rotatable bonds is 6. The Morgan fingerprint density at radius 3 is 2.55 bits per heavy atom. The molecule has 31 heavy (non-hydrogen) atoms. The van der Waals surface area contributed by atoms with Gasteiger partial charge in [-0.2, -0.15) is 0 Å². The Kier molecular flexibility index (Phi) is 5.73. The third kappa shape index (κ3) is 4.03. The fraction of sp³-hybridized carbons (Fsp3) is 0.391. The maximum Gasteiger partial charge on any atom is 0.295 e. The fourth-order valence-electron chi connectivity index (χ4n) is 3.96. The van der Waals surface area contributed by atoms with Gasteiger partial charge in [0.25, 0.3) is 11.7 Å². The van der Waals surface area contributed by atoms with Crippen LogP contribution in [0.1, 0.15) is 29.5 Å². The Hall–Kier alpha value is -3.26. The second kappa shape index (κ2) is 8.47. The van der Waals surface area contributed by atoms with Crippen LogP contribution in [0, 0.1) is 6.92 Å². The number of benzene rings is 1. The summed E-state index contributed by atoms with van der Waals surface area (Å²) >= 11 is 0. The minimum Gasteiger partial charge on any atom is -0.507 e. The van der Waals surface area contributed by atoms with Gasteiger partial charge in [0.1, 0.15) is 36.5 Å². The van der Waals surface area contributed by atoms with Crippen LogP contribution < -0.4 is 14.4 Å². The standard InChI is InChI=1S/C23H26N2O6/c1-14-5-7-17(31-14)20-19(22(27)23(28)25(20)10-4-9-24(2)3)21(26)15-6-8-16-18(13-15)30-12-11-29-16/h5-8,13,20,26H,4,9-12H2,1-3H3/p+1/t20-/m0/s1. The fourth-order valence-corrected chi connectivity index (χ4v) is 3.96. The van der Waals surface area contributed by atoms with Crippen molar-refractivity contribution < 1.29 is 33.5 Å². The van der Waals surface area contributed by atoms with Crippen LogP contribution in [-0.4, -0.2) is 62.1 Å². The number of likely N-dealkylation sites (tertiary alicyclic amines) is 1. The summed E-state index contributed by atoms with van der Waals surface area (Å²) in [5.74, 6) is 0.577. The van der Waals surface area contributed by atoms with Crippen LogP contribution in [0.25, 0.3) is 5.76 Å². The third-order valence-corrected chi connectivity index (χ3v) is 5.46. The summed E-state index contributed by atoms with van der Waals surface area (Å²) < 4.78 is 16.9. The van der Waals surface area contributed by atoms with Crippen molar-refractivity contribution in [1.29, 1.82) is 0 Å². The first-order valence-electron chi connectivity index (χ1n) is 10.4. The van der Waals surface area contributed by atoms with Crippen molar-refractivity contribution in [1.82, 2.24) is 4.90 Å². The van der Waals surface area contributed by atoms with Gasteiger partial charge in [-0.3, -0.25) is 9.59 Å². The zero-order chi connectivity index (χ0) is 22.1. The number of amides is 1. The lowest BCUT2D eigenvalue weighted by molar-refractivity contribution is -0.858. The molecular formula is C23H27N2O6+. The smallest absolute Gasteiger partial charge is 0.295 e. The molecule has 0 radical (unpaired) electrons. The number of furan rings is 1. The van der Waals surface area contributed by atoms with E-state index in [4.69, 9.17) is 13.9 Å². The number of carbonyl (C=O) groups is 2. The molecule has 1 aromatic carbocycles. The average molecular weight is 427 g/mol. The molecule has 0 spiro atoms. The topological polar surface area (TPSA) is 93.6 Å². The first kappa shape index (κ1) is 21.0. The van der Waals surface area contributed by atoms with E-state index in [9.17, 15) is 14.7 Å². The number of aliphatic hydroxyl groups is 1. The molecule has 1 atom stereocenters. The highest BCUT2D eigenvalue weighted by Gasteiger charge is 2.47. The summed E-state index contributed by atoms with van der Waals surface area (Å²) in [6.45, 7) is 3.89. The number of quaternary nitrogens is 1. The molecule has 2 aliphatic rings. The summed E-state index contributed by atoms with van der Waals surface area (Å²) in [6.07, 6.45) is 0.718. The molecule has 8 nitrogen and oxygen atoms in total. The SMILES string of the molecule is Cc1ccc([C@H]2C(=C(O)c3ccc4c(c3)OCCO4)C(=O)C(=O)N2CCC[NH+](C)C)o1. The molecule has 2 aliphatic heterocycles. The van der Waals surface area contributed by atoms with E-state index in [1.54, 1.807) is 37.3 Å². The van der Waals surface area contributed by atoms with E-state index < -0.39 is 17.7 Å². The maximum absolute atomic E-state index is 13.0. The molecule has 4 rings (SSSR count). The minimum absolute atomic E-state index is 0.0215. The van der Waals surface area contributed by atoms with Gasteiger partial charge in [-0.05, 0) is 37.3 Å². The van der Waals surface area contributed by atoms with Crippen LogP contribution in [0.15, 0.2) is 40.3 Å². The van der Waals surface area contributed by atoms with Crippen LogP contribution in [0.2, 0.25) is 0 Å². The van der Waals surface area contributed by atoms with E-state index in [1.807, 2.05) is 14.1 Å². The highest BCUT2D eigenvalue weighted by molar-refractivity contribution is 6.46. The Balaban J connectivity index is 1.76. The quantitative estimate of drug-likeness (QED) is 0.410. The first-order valence-corrected chi connectivity index (χ1v) is 10.4. The third-order valence-electron chi connectivity index (χ3n) is 5.46. The zero-order valence-electron chi connectivity index (χ0n) is 17.9. The number of aliphatic hydroxyl groups excluding tert-OH is 1. The molecule has 1 fully saturated rings. The predicted octanol–water partition coefficient (Wildman–Crippen LogP) is 1.32. The van der Waals surface area contributed by atoms with Gasteiger partial charge in [-0.15, -0.1) is 0 Å². The molecule has 2 aromatic rings. The predicted molar refractivity (Wildman–Crippen MR) is 112 cm³/mol. The van der Waals surface area contributed by atoms with Crippen molar-refractivity contribution in [3.63, 3.8) is 0 Å². The molecule has 0 aliphatic carbocycles. The number of aryl methyl sites for hydroxylation is 1. The lowest BCUT2D eigenvalue weighted by Gasteiger charge is -2.23. The number of Topliss-reactive ketones (excluding diaryl/α,β-unsaturated/α-hetero) is 1. The molecule has 2 N–H and O–H groups in total. The van der Waals surface area contributed by atoms with Crippen LogP contribution in [-0.2, 0) is 9.59 Å². The van der Waals surface area contributed by atoms with Gasteiger partial charge in [-0.1, -0.05) is 0 Å². The molecule has 1 aromatic heterocycles. The Morgan fingerprint density at radius 1 is 1.13 bits per heavy atom. The van der Waals surface area contributed by atoms with Crippen molar-refractivity contribution in [2.45, 2.75) is 19.4 Å². The van der Waals surface area contributed by atoms with E-state index >= 15 is 0 Å². The van der Waals surface area contributed by atoms with Crippen molar-refractivity contribution >= 4 is 17.4 Å². The van der Waals surface area contributed by atoms with Gasteiger partial charge in [0.15, 0.2) is 11.5 Å². The number of nitrogens with zero attached hydrogens (tertiary/aromatic N) is 1. The number of nitrogens with one attached hydrogen (secondary N) is 1. The van der Waals surface area contributed by atoms with Gasteiger partial charge in [0, 0.05) is 18.5 Å². The Bertz CT molecular complexity index is 1040. The van der Waals surface area contributed by atoms with E-state index in [0.717, 1.165) is 13.0 Å². The monoisotopic (exact) mass is 427 g/mol. The molecule has 0 bridgehead atoms. The number of carbonyl (C=O) groups excluding carboxylic acids is 2.